The highest BCUT2D eigenvalue weighted by molar-refractivity contribution is 5.69. The van der Waals surface area contributed by atoms with Crippen molar-refractivity contribution in [2.45, 2.75) is 277 Å². The van der Waals surface area contributed by atoms with Crippen molar-refractivity contribution in [1.82, 2.24) is 0 Å². The first-order valence-electron chi connectivity index (χ1n) is 23.2. The number of carbonyl (C=O) groups excluding carboxylic acids is 1. The van der Waals surface area contributed by atoms with Gasteiger partial charge in [-0.25, -0.2) is 0 Å². The Hall–Kier alpha value is -1.32. The molecule has 51 heavy (non-hydrogen) atoms. The number of carboxylic acid groups (broad SMARTS) is 1. The SMILES string of the molecule is CCCCCCCCC/C=C\C(CCCCCCCCC(=O)O)OC(=O)CCCCCCCCCCCCCCCCCCCCCCCCC. The fourth-order valence-corrected chi connectivity index (χ4v) is 7.27. The molecule has 1 N–H and O–H groups in total. The van der Waals surface area contributed by atoms with Gasteiger partial charge in [0.15, 0.2) is 0 Å². The average molecular weight is 719 g/mol. The zero-order valence-corrected chi connectivity index (χ0v) is 34.7. The first-order valence-corrected chi connectivity index (χ1v) is 23.2. The molecule has 1 unspecified atom stereocenters. The summed E-state index contributed by atoms with van der Waals surface area (Å²) in [5, 5.41) is 8.80. The Bertz CT molecular complexity index is 732. The fraction of sp³-hybridized carbons (Fsp3) is 0.915. The maximum atomic E-state index is 12.7. The van der Waals surface area contributed by atoms with Crippen molar-refractivity contribution >= 4 is 11.9 Å². The Balaban J connectivity index is 3.82. The average Bonchev–Trinajstić information content (AvgIpc) is 3.12. The molecule has 0 heterocycles. The highest BCUT2D eigenvalue weighted by Crippen LogP contribution is 2.18. The van der Waals surface area contributed by atoms with Gasteiger partial charge in [-0.1, -0.05) is 225 Å². The van der Waals surface area contributed by atoms with E-state index in [0.717, 1.165) is 64.2 Å². The molecule has 0 aromatic rings. The molecule has 1 atom stereocenters. The maximum Gasteiger partial charge on any atom is 0.306 e. The van der Waals surface area contributed by atoms with Crippen LogP contribution in [0.3, 0.4) is 0 Å². The van der Waals surface area contributed by atoms with Crippen molar-refractivity contribution in [3.63, 3.8) is 0 Å². The molecule has 0 aromatic heterocycles. The van der Waals surface area contributed by atoms with E-state index in [1.807, 2.05) is 0 Å². The van der Waals surface area contributed by atoms with Crippen molar-refractivity contribution < 1.29 is 19.4 Å². The lowest BCUT2D eigenvalue weighted by molar-refractivity contribution is -0.147. The molecular formula is C47H90O4. The molecule has 0 amide bonds. The van der Waals surface area contributed by atoms with Gasteiger partial charge in [0, 0.05) is 12.8 Å². The minimum Gasteiger partial charge on any atom is -0.481 e. The van der Waals surface area contributed by atoms with E-state index in [-0.39, 0.29) is 18.5 Å². The third-order valence-electron chi connectivity index (χ3n) is 10.7. The molecule has 0 fully saturated rings. The third kappa shape index (κ3) is 43.0. The number of rotatable bonds is 43. The lowest BCUT2D eigenvalue weighted by atomic mass is 10.0. The van der Waals surface area contributed by atoms with E-state index < -0.39 is 5.97 Å². The van der Waals surface area contributed by atoms with Crippen molar-refractivity contribution in [3.05, 3.63) is 12.2 Å². The molecule has 0 aliphatic carbocycles. The Morgan fingerprint density at radius 2 is 0.745 bits per heavy atom. The zero-order chi connectivity index (χ0) is 37.1. The van der Waals surface area contributed by atoms with Gasteiger partial charge in [0.1, 0.15) is 6.10 Å². The first kappa shape index (κ1) is 49.7. The smallest absolute Gasteiger partial charge is 0.306 e. The summed E-state index contributed by atoms with van der Waals surface area (Å²) in [7, 11) is 0. The highest BCUT2D eigenvalue weighted by Gasteiger charge is 2.11. The molecule has 0 saturated heterocycles. The van der Waals surface area contributed by atoms with E-state index in [4.69, 9.17) is 9.84 Å². The molecule has 0 spiro atoms. The van der Waals surface area contributed by atoms with Crippen molar-refractivity contribution in [1.29, 1.82) is 0 Å². The molecule has 0 rings (SSSR count). The van der Waals surface area contributed by atoms with Crippen LogP contribution >= 0.6 is 0 Å². The van der Waals surface area contributed by atoms with Gasteiger partial charge in [0.25, 0.3) is 0 Å². The third-order valence-corrected chi connectivity index (χ3v) is 10.7. The van der Waals surface area contributed by atoms with Crippen LogP contribution in [0.4, 0.5) is 0 Å². The standard InChI is InChI=1S/C47H90O4/c1-3-5-7-9-11-13-14-15-16-17-18-19-20-21-22-23-24-25-26-28-30-36-40-44-47(50)51-45(41-37-33-29-27-12-10-8-6-4-2)42-38-34-31-32-35-39-43-46(48)49/h37,41,45H,3-36,38-40,42-44H2,1-2H3,(H,48,49)/b41-37-. The topological polar surface area (TPSA) is 63.6 Å². The molecule has 0 aromatic carbocycles. The number of ether oxygens (including phenoxy) is 1. The van der Waals surface area contributed by atoms with Gasteiger partial charge in [-0.15, -0.1) is 0 Å². The number of hydrogen-bond donors (Lipinski definition) is 1. The second-order valence-electron chi connectivity index (χ2n) is 15.9. The molecule has 0 bridgehead atoms. The van der Waals surface area contributed by atoms with E-state index in [2.05, 4.69) is 26.0 Å². The summed E-state index contributed by atoms with van der Waals surface area (Å²) in [6, 6.07) is 0. The number of aliphatic carboxylic acids is 1. The maximum absolute atomic E-state index is 12.7. The number of unbranched alkanes of at least 4 members (excludes halogenated alkanes) is 34. The van der Waals surface area contributed by atoms with Crippen LogP contribution in [0, 0.1) is 0 Å². The van der Waals surface area contributed by atoms with Gasteiger partial charge >= 0.3 is 11.9 Å². The fourth-order valence-electron chi connectivity index (χ4n) is 7.27. The molecular weight excluding hydrogens is 629 g/mol. The van der Waals surface area contributed by atoms with E-state index in [0.29, 0.717) is 6.42 Å². The number of carbonyl (C=O) groups is 2. The minimum absolute atomic E-state index is 0.0299. The van der Waals surface area contributed by atoms with Crippen LogP contribution in [-0.2, 0) is 14.3 Å². The normalized spacial score (nSPS) is 12.2. The van der Waals surface area contributed by atoms with Crippen molar-refractivity contribution in [2.75, 3.05) is 0 Å². The van der Waals surface area contributed by atoms with Crippen LogP contribution in [-0.4, -0.2) is 23.1 Å². The summed E-state index contributed by atoms with van der Waals surface area (Å²) in [5.74, 6) is -0.725. The first-order chi connectivity index (χ1) is 25.1. The lowest BCUT2D eigenvalue weighted by Crippen LogP contribution is -2.16. The van der Waals surface area contributed by atoms with Gasteiger partial charge in [0.05, 0.1) is 0 Å². The summed E-state index contributed by atoms with van der Waals surface area (Å²) in [6.07, 6.45) is 54.2. The van der Waals surface area contributed by atoms with E-state index in [1.54, 1.807) is 0 Å². The largest absolute Gasteiger partial charge is 0.481 e. The summed E-state index contributed by atoms with van der Waals surface area (Å²) >= 11 is 0. The quantitative estimate of drug-likeness (QED) is 0.0387. The minimum atomic E-state index is -0.696. The van der Waals surface area contributed by atoms with Crippen LogP contribution in [0.2, 0.25) is 0 Å². The molecule has 302 valence electrons. The van der Waals surface area contributed by atoms with Gasteiger partial charge in [-0.3, -0.25) is 9.59 Å². The number of allylic oxidation sites excluding steroid dienone is 1. The summed E-state index contributed by atoms with van der Waals surface area (Å²) in [6.45, 7) is 4.56. The second kappa shape index (κ2) is 43.1. The number of esters is 1. The Labute approximate surface area is 319 Å². The van der Waals surface area contributed by atoms with Crippen LogP contribution in [0.25, 0.3) is 0 Å². The van der Waals surface area contributed by atoms with E-state index in [1.165, 1.54) is 180 Å². The highest BCUT2D eigenvalue weighted by atomic mass is 16.5. The van der Waals surface area contributed by atoms with Crippen molar-refractivity contribution in [3.8, 4) is 0 Å². The van der Waals surface area contributed by atoms with Crippen molar-refractivity contribution in [2.24, 2.45) is 0 Å². The summed E-state index contributed by atoms with van der Waals surface area (Å²) in [4.78, 5) is 23.4. The molecule has 0 aliphatic heterocycles. The van der Waals surface area contributed by atoms with E-state index in [9.17, 15) is 9.59 Å². The summed E-state index contributed by atoms with van der Waals surface area (Å²) < 4.78 is 5.95. The Morgan fingerprint density at radius 3 is 1.12 bits per heavy atom. The predicted molar refractivity (Wildman–Crippen MR) is 223 cm³/mol. The molecule has 4 heteroatoms. The zero-order valence-electron chi connectivity index (χ0n) is 34.7. The Morgan fingerprint density at radius 1 is 0.431 bits per heavy atom. The molecule has 4 nitrogen and oxygen atoms in total. The van der Waals surface area contributed by atoms with Crippen LogP contribution in [0.5, 0.6) is 0 Å². The second-order valence-corrected chi connectivity index (χ2v) is 15.9. The predicted octanol–water partition coefficient (Wildman–Crippen LogP) is 16.2. The van der Waals surface area contributed by atoms with Crippen LogP contribution in [0.15, 0.2) is 12.2 Å². The molecule has 0 saturated carbocycles. The van der Waals surface area contributed by atoms with Gasteiger partial charge < -0.3 is 9.84 Å². The van der Waals surface area contributed by atoms with Crippen LogP contribution < -0.4 is 0 Å². The van der Waals surface area contributed by atoms with Gasteiger partial charge in [-0.05, 0) is 44.6 Å². The molecule has 0 aliphatic rings. The van der Waals surface area contributed by atoms with Gasteiger partial charge in [-0.2, -0.15) is 0 Å². The van der Waals surface area contributed by atoms with Crippen LogP contribution in [0.1, 0.15) is 271 Å². The monoisotopic (exact) mass is 719 g/mol. The number of hydrogen-bond acceptors (Lipinski definition) is 3. The Kier molecular flexibility index (Phi) is 42.0. The van der Waals surface area contributed by atoms with Gasteiger partial charge in [0.2, 0.25) is 0 Å². The van der Waals surface area contributed by atoms with E-state index >= 15 is 0 Å². The number of carboxylic acids is 1. The molecule has 0 radical (unpaired) electrons. The summed E-state index contributed by atoms with van der Waals surface area (Å²) in [5.41, 5.74) is 0. The lowest BCUT2D eigenvalue weighted by Gasteiger charge is -2.15.